The number of anilines is 2. The van der Waals surface area contributed by atoms with Gasteiger partial charge in [0.25, 0.3) is 0 Å². The van der Waals surface area contributed by atoms with Crippen LogP contribution in [0, 0.1) is 0 Å². The van der Waals surface area contributed by atoms with Crippen molar-refractivity contribution in [2.24, 2.45) is 14.5 Å². The van der Waals surface area contributed by atoms with Gasteiger partial charge in [-0.1, -0.05) is 41.3 Å². The number of likely N-dealkylation sites (tertiary alicyclic amines) is 1. The maximum absolute atomic E-state index is 11.6. The fourth-order valence-corrected chi connectivity index (χ4v) is 7.25. The van der Waals surface area contributed by atoms with Crippen molar-refractivity contribution < 1.29 is 12.9 Å². The Kier molecular flexibility index (Phi) is 8.56. The first-order valence-corrected chi connectivity index (χ1v) is 16.3. The molecule has 3 N–H and O–H groups in total. The predicted molar refractivity (Wildman–Crippen MR) is 167 cm³/mol. The number of hydrogen-bond donors (Lipinski definition) is 2. The highest BCUT2D eigenvalue weighted by Crippen LogP contribution is 2.32. The van der Waals surface area contributed by atoms with Gasteiger partial charge < -0.3 is 20.5 Å². The molecule has 3 aromatic rings. The molecule has 0 aliphatic carbocycles. The Morgan fingerprint density at radius 2 is 1.91 bits per heavy atom. The SMILES string of the molecule is CC[C@H]1CN(c2ncc(NC3=NS(=O)(=O)N=C3N)cc2Cl)CCN1C1CCN(Cc2ccc(Cl)cc2-c2ncon2)CC1. The molecule has 16 heteroatoms. The van der Waals surface area contributed by atoms with Crippen molar-refractivity contribution in [3.63, 3.8) is 0 Å². The van der Waals surface area contributed by atoms with Gasteiger partial charge in [-0.25, -0.2) is 4.98 Å². The highest BCUT2D eigenvalue weighted by atomic mass is 35.5. The van der Waals surface area contributed by atoms with Crippen LogP contribution in [-0.2, 0) is 16.8 Å². The fourth-order valence-electron chi connectivity index (χ4n) is 6.05. The van der Waals surface area contributed by atoms with Gasteiger partial charge in [0.15, 0.2) is 11.7 Å². The van der Waals surface area contributed by atoms with Gasteiger partial charge in [0.05, 0.1) is 16.9 Å². The van der Waals surface area contributed by atoms with Gasteiger partial charge in [0, 0.05) is 48.8 Å². The molecule has 2 aromatic heterocycles. The second-order valence-electron chi connectivity index (χ2n) is 10.8. The van der Waals surface area contributed by atoms with Crippen LogP contribution in [0.25, 0.3) is 11.4 Å². The van der Waals surface area contributed by atoms with Crippen LogP contribution in [0.4, 0.5) is 11.5 Å². The van der Waals surface area contributed by atoms with Crippen LogP contribution >= 0.6 is 23.2 Å². The summed E-state index contributed by atoms with van der Waals surface area (Å²) in [6.07, 6.45) is 6.12. The average molecular weight is 648 g/mol. The van der Waals surface area contributed by atoms with Crippen molar-refractivity contribution in [2.75, 3.05) is 42.9 Å². The van der Waals surface area contributed by atoms with Gasteiger partial charge >= 0.3 is 10.2 Å². The molecule has 2 saturated heterocycles. The Balaban J connectivity index is 1.06. The summed E-state index contributed by atoms with van der Waals surface area (Å²) in [4.78, 5) is 16.2. The Labute approximate surface area is 260 Å². The molecule has 0 unspecified atom stereocenters. The molecular formula is C27H32Cl2N10O3S. The molecule has 1 aromatic carbocycles. The monoisotopic (exact) mass is 646 g/mol. The Morgan fingerprint density at radius 3 is 2.58 bits per heavy atom. The minimum atomic E-state index is -3.95. The quantitative estimate of drug-likeness (QED) is 0.387. The van der Waals surface area contributed by atoms with Crippen LogP contribution in [0.1, 0.15) is 31.7 Å². The van der Waals surface area contributed by atoms with Crippen LogP contribution in [0.5, 0.6) is 0 Å². The first-order chi connectivity index (χ1) is 20.7. The molecule has 1 atom stereocenters. The van der Waals surface area contributed by atoms with E-state index in [1.165, 1.54) is 6.39 Å². The van der Waals surface area contributed by atoms with E-state index in [2.05, 4.69) is 50.9 Å². The summed E-state index contributed by atoms with van der Waals surface area (Å²) in [7, 11) is -3.95. The van der Waals surface area contributed by atoms with E-state index >= 15 is 0 Å². The molecule has 2 fully saturated rings. The van der Waals surface area contributed by atoms with Gasteiger partial charge in [-0.3, -0.25) is 9.80 Å². The number of benzene rings is 1. The molecule has 0 saturated carbocycles. The van der Waals surface area contributed by atoms with Crippen molar-refractivity contribution in [1.82, 2.24) is 24.9 Å². The lowest BCUT2D eigenvalue weighted by Gasteiger charge is -2.47. The van der Waals surface area contributed by atoms with Gasteiger partial charge in [-0.15, -0.1) is 8.80 Å². The summed E-state index contributed by atoms with van der Waals surface area (Å²) in [6, 6.07) is 8.43. The molecule has 0 spiro atoms. The topological polar surface area (TPSA) is 158 Å². The van der Waals surface area contributed by atoms with Crippen LogP contribution < -0.4 is 16.0 Å². The predicted octanol–water partition coefficient (Wildman–Crippen LogP) is 3.43. The largest absolute Gasteiger partial charge is 0.380 e. The van der Waals surface area contributed by atoms with E-state index in [-0.39, 0.29) is 11.7 Å². The molecule has 5 heterocycles. The third-order valence-corrected chi connectivity index (χ3v) is 9.49. The van der Waals surface area contributed by atoms with E-state index in [9.17, 15) is 8.42 Å². The number of nitrogens with two attached hydrogens (primary N) is 1. The standard InChI is InChI=1S/C27H32Cl2N10O3S/c1-2-20-15-38(27-23(29)12-19(13-31-27)33-26-24(30)35-43(40,41)36-26)9-10-39(20)21-5-7-37(8-6-21)14-17-3-4-18(28)11-22(17)25-32-16-42-34-25/h3-4,11-13,16,20-21H,2,5-10,14-15H2,1H3,(H2,30,35)(H,33,36)/t20-/m0/s1. The Hall–Kier alpha value is -3.30. The number of amidine groups is 2. The Morgan fingerprint density at radius 1 is 1.09 bits per heavy atom. The molecule has 43 heavy (non-hydrogen) atoms. The number of pyridine rings is 1. The van der Waals surface area contributed by atoms with E-state index in [1.54, 1.807) is 12.3 Å². The zero-order chi connectivity index (χ0) is 30.1. The summed E-state index contributed by atoms with van der Waals surface area (Å²) < 4.78 is 34.9. The normalized spacial score (nSPS) is 21.6. The lowest BCUT2D eigenvalue weighted by atomic mass is 9.97. The highest BCUT2D eigenvalue weighted by Gasteiger charge is 2.34. The minimum absolute atomic E-state index is 0.0445. The Bertz CT molecular complexity index is 1640. The lowest BCUT2D eigenvalue weighted by Crippen LogP contribution is -2.58. The molecule has 0 radical (unpaired) electrons. The molecule has 3 aliphatic rings. The van der Waals surface area contributed by atoms with Crippen LogP contribution in [-0.4, -0.2) is 89.8 Å². The third-order valence-electron chi connectivity index (χ3n) is 8.14. The molecule has 0 bridgehead atoms. The van der Waals surface area contributed by atoms with Crippen molar-refractivity contribution >= 4 is 56.6 Å². The second-order valence-corrected chi connectivity index (χ2v) is 12.9. The summed E-state index contributed by atoms with van der Waals surface area (Å²) in [5.74, 6) is 1.00. The second kappa shape index (κ2) is 12.4. The van der Waals surface area contributed by atoms with Crippen molar-refractivity contribution in [3.05, 3.63) is 52.5 Å². The molecule has 6 rings (SSSR count). The van der Waals surface area contributed by atoms with Crippen LogP contribution in [0.2, 0.25) is 10.0 Å². The number of hydrogen-bond acceptors (Lipinski definition) is 11. The maximum Gasteiger partial charge on any atom is 0.367 e. The summed E-state index contributed by atoms with van der Waals surface area (Å²) in [5.41, 5.74) is 8.17. The van der Waals surface area contributed by atoms with Gasteiger partial charge in [-0.05, 0) is 56.1 Å². The van der Waals surface area contributed by atoms with Crippen molar-refractivity contribution in [1.29, 1.82) is 0 Å². The molecule has 228 valence electrons. The third kappa shape index (κ3) is 6.63. The van der Waals surface area contributed by atoms with Crippen LogP contribution in [0.3, 0.4) is 0 Å². The number of nitrogens with zero attached hydrogens (tertiary/aromatic N) is 8. The van der Waals surface area contributed by atoms with Crippen molar-refractivity contribution in [3.8, 4) is 11.4 Å². The summed E-state index contributed by atoms with van der Waals surface area (Å²) in [5, 5.41) is 7.96. The average Bonchev–Trinajstić information content (AvgIpc) is 3.61. The number of nitrogens with one attached hydrogen (secondary N) is 1. The zero-order valence-electron chi connectivity index (χ0n) is 23.5. The van der Waals surface area contributed by atoms with E-state index < -0.39 is 10.2 Å². The van der Waals surface area contributed by atoms with E-state index in [4.69, 9.17) is 33.5 Å². The molecule has 0 amide bonds. The smallest absolute Gasteiger partial charge is 0.367 e. The van der Waals surface area contributed by atoms with Gasteiger partial charge in [-0.2, -0.15) is 13.4 Å². The molecule has 3 aliphatic heterocycles. The van der Waals surface area contributed by atoms with E-state index in [0.717, 1.165) is 69.7 Å². The van der Waals surface area contributed by atoms with Gasteiger partial charge in [0.2, 0.25) is 12.2 Å². The van der Waals surface area contributed by atoms with Crippen molar-refractivity contribution in [2.45, 2.75) is 44.8 Å². The molecule has 13 nitrogen and oxygen atoms in total. The number of halogens is 2. The van der Waals surface area contributed by atoms with E-state index in [1.807, 2.05) is 18.2 Å². The molecular weight excluding hydrogens is 615 g/mol. The number of rotatable bonds is 7. The van der Waals surface area contributed by atoms with E-state index in [0.29, 0.717) is 39.5 Å². The fraction of sp³-hybridized carbons (Fsp3) is 0.444. The lowest BCUT2D eigenvalue weighted by molar-refractivity contribution is 0.0611. The summed E-state index contributed by atoms with van der Waals surface area (Å²) in [6.45, 7) is 7.57. The highest BCUT2D eigenvalue weighted by molar-refractivity contribution is 7.89. The minimum Gasteiger partial charge on any atom is -0.380 e. The maximum atomic E-state index is 11.6. The zero-order valence-corrected chi connectivity index (χ0v) is 25.9. The number of piperazine rings is 1. The summed E-state index contributed by atoms with van der Waals surface area (Å²) >= 11 is 12.9. The first kappa shape index (κ1) is 29.8. The number of piperidine rings is 1. The number of aromatic nitrogens is 3. The van der Waals surface area contributed by atoms with Crippen LogP contribution in [0.15, 0.2) is 50.2 Å². The first-order valence-electron chi connectivity index (χ1n) is 14.1. The van der Waals surface area contributed by atoms with Gasteiger partial charge in [0.1, 0.15) is 5.82 Å².